The summed E-state index contributed by atoms with van der Waals surface area (Å²) in [5.41, 5.74) is 9.29. The quantitative estimate of drug-likeness (QED) is 0.126. The molecule has 1 aromatic heterocycles. The number of piperidine rings is 2. The van der Waals surface area contributed by atoms with Crippen molar-refractivity contribution in [1.82, 2.24) is 20.4 Å². The van der Waals surface area contributed by atoms with Gasteiger partial charge in [-0.05, 0) is 61.9 Å². The average Bonchev–Trinajstić information content (AvgIpc) is 3.43. The molecule has 3 aliphatic heterocycles. The fourth-order valence-corrected chi connectivity index (χ4v) is 7.16. The number of benzene rings is 2. The van der Waals surface area contributed by atoms with Gasteiger partial charge in [-0.1, -0.05) is 30.8 Å². The second-order valence-electron chi connectivity index (χ2n) is 13.8. The lowest BCUT2D eigenvalue weighted by atomic mass is 9.90. The van der Waals surface area contributed by atoms with E-state index >= 15 is 0 Å². The van der Waals surface area contributed by atoms with Gasteiger partial charge >= 0.3 is 0 Å². The Morgan fingerprint density at radius 1 is 0.891 bits per heavy atom. The number of fused-ring (bicyclic) bond motifs is 1. The molecule has 15 heteroatoms. The Balaban J connectivity index is 0.813. The maximum Gasteiger partial charge on any atom is 0.262 e. The Bertz CT molecular complexity index is 1940. The highest BCUT2D eigenvalue weighted by Gasteiger charge is 2.45. The topological polar surface area (TPSA) is 204 Å². The molecule has 0 radical (unpaired) electrons. The summed E-state index contributed by atoms with van der Waals surface area (Å²) < 4.78 is 16.6. The molecular formula is C40H46N6O9. The molecule has 2 saturated heterocycles. The molecule has 2 fully saturated rings. The fourth-order valence-electron chi connectivity index (χ4n) is 7.16. The number of nitrogens with zero attached hydrogens (tertiary/aromatic N) is 4. The van der Waals surface area contributed by atoms with Crippen molar-refractivity contribution in [1.29, 1.82) is 0 Å². The Morgan fingerprint density at radius 3 is 2.35 bits per heavy atom. The van der Waals surface area contributed by atoms with Crippen LogP contribution in [0, 0.1) is 5.92 Å². The summed E-state index contributed by atoms with van der Waals surface area (Å²) >= 11 is 0. The van der Waals surface area contributed by atoms with E-state index in [4.69, 9.17) is 19.9 Å². The Hall–Kier alpha value is -5.51. The van der Waals surface area contributed by atoms with E-state index in [1.165, 1.54) is 6.07 Å². The average molecular weight is 755 g/mol. The van der Waals surface area contributed by atoms with Gasteiger partial charge in [0.25, 0.3) is 11.8 Å². The number of para-hydroxylation sites is 1. The molecule has 290 valence electrons. The second kappa shape index (κ2) is 18.2. The summed E-state index contributed by atoms with van der Waals surface area (Å²) in [4.78, 5) is 67.5. The maximum atomic E-state index is 13.3. The number of aromatic hydroxyl groups is 1. The molecule has 0 aliphatic carbocycles. The number of nitrogens with two attached hydrogens (primary N) is 1. The highest BCUT2D eigenvalue weighted by atomic mass is 16.5. The van der Waals surface area contributed by atoms with Crippen LogP contribution >= 0.6 is 0 Å². The first kappa shape index (κ1) is 39.2. The standard InChI is InChI=1S/C40H46N6O9/c1-25-11-12-32(38(50)42-25)46-39(51)30-8-4-6-27(36(30)40(46)52)22-28(47)24-55-21-20-54-19-18-53-17-5-10-34(48)26-13-15-45(16-14-26)33-23-31(43-44-37(33)41)29-7-2-3-9-35(29)49/h2-4,6-9,23,26,32,49H,1,5,10-22,24H2,(H2,41,44)(H,42,50). The molecule has 1 unspecified atom stereocenters. The number of hydrogen-bond donors (Lipinski definition) is 3. The highest BCUT2D eigenvalue weighted by molar-refractivity contribution is 6.23. The number of rotatable bonds is 18. The Kier molecular flexibility index (Phi) is 13.0. The summed E-state index contributed by atoms with van der Waals surface area (Å²) in [6.07, 6.45) is 3.13. The third kappa shape index (κ3) is 9.42. The molecule has 3 amide bonds. The predicted octanol–water partition coefficient (Wildman–Crippen LogP) is 3.25. The molecule has 0 saturated carbocycles. The normalized spacial score (nSPS) is 17.4. The number of hydrogen-bond acceptors (Lipinski definition) is 13. The van der Waals surface area contributed by atoms with Gasteiger partial charge in [0.1, 0.15) is 24.2 Å². The van der Waals surface area contributed by atoms with Crippen LogP contribution < -0.4 is 16.0 Å². The van der Waals surface area contributed by atoms with Crippen LogP contribution in [0.3, 0.4) is 0 Å². The lowest BCUT2D eigenvalue weighted by Crippen LogP contribution is -2.51. The zero-order valence-electron chi connectivity index (χ0n) is 30.7. The molecule has 0 spiro atoms. The van der Waals surface area contributed by atoms with Gasteiger partial charge in [-0.3, -0.25) is 28.9 Å². The number of allylic oxidation sites excluding steroid dienone is 1. The first-order chi connectivity index (χ1) is 26.6. The lowest BCUT2D eigenvalue weighted by molar-refractivity contribution is -0.125. The van der Waals surface area contributed by atoms with Crippen LogP contribution in [0.4, 0.5) is 11.5 Å². The zero-order chi connectivity index (χ0) is 38.9. The van der Waals surface area contributed by atoms with Crippen LogP contribution in [0.2, 0.25) is 0 Å². The molecule has 55 heavy (non-hydrogen) atoms. The van der Waals surface area contributed by atoms with Gasteiger partial charge in [-0.2, -0.15) is 0 Å². The minimum absolute atomic E-state index is 0.0248. The number of anilines is 2. The molecular weight excluding hydrogens is 708 g/mol. The van der Waals surface area contributed by atoms with Gasteiger partial charge < -0.3 is 35.3 Å². The number of carbonyl (C=O) groups excluding carboxylic acids is 5. The molecule has 4 heterocycles. The van der Waals surface area contributed by atoms with Gasteiger partial charge in [-0.25, -0.2) is 0 Å². The summed E-state index contributed by atoms with van der Waals surface area (Å²) in [7, 11) is 0. The fraction of sp³-hybridized carbons (Fsp3) is 0.425. The SMILES string of the molecule is C=C1CCC(N2C(=O)c3cccc(CC(=O)COCCOCCOCCCC(=O)C4CCN(c5cc(-c6ccccc6O)nnc5N)CC4)c3C2=O)C(=O)N1. The van der Waals surface area contributed by atoms with Crippen molar-refractivity contribution in [2.45, 2.75) is 51.0 Å². The van der Waals surface area contributed by atoms with Gasteiger partial charge in [0, 0.05) is 49.7 Å². The molecule has 4 N–H and O–H groups in total. The van der Waals surface area contributed by atoms with Crippen molar-refractivity contribution >= 4 is 40.8 Å². The Morgan fingerprint density at radius 2 is 1.60 bits per heavy atom. The van der Waals surface area contributed by atoms with Crippen LogP contribution in [-0.4, -0.2) is 108 Å². The van der Waals surface area contributed by atoms with Crippen LogP contribution in [0.5, 0.6) is 5.75 Å². The van der Waals surface area contributed by atoms with Crippen molar-refractivity contribution < 1.29 is 43.3 Å². The van der Waals surface area contributed by atoms with Crippen LogP contribution in [0.1, 0.15) is 64.8 Å². The smallest absolute Gasteiger partial charge is 0.262 e. The van der Waals surface area contributed by atoms with Gasteiger partial charge in [0.2, 0.25) is 5.91 Å². The number of aromatic nitrogens is 2. The van der Waals surface area contributed by atoms with Crippen molar-refractivity contribution in [2.24, 2.45) is 5.92 Å². The number of phenolic OH excluding ortho intramolecular Hbond substituents is 1. The maximum absolute atomic E-state index is 13.3. The monoisotopic (exact) mass is 754 g/mol. The van der Waals surface area contributed by atoms with E-state index in [1.54, 1.807) is 30.3 Å². The van der Waals surface area contributed by atoms with Crippen LogP contribution in [0.25, 0.3) is 11.3 Å². The van der Waals surface area contributed by atoms with Gasteiger partial charge in [0.05, 0.1) is 48.9 Å². The third-order valence-corrected chi connectivity index (χ3v) is 10.0. The summed E-state index contributed by atoms with van der Waals surface area (Å²) in [5.74, 6) is -1.22. The van der Waals surface area contributed by atoms with Crippen LogP contribution in [0.15, 0.2) is 60.8 Å². The number of ether oxygens (including phenoxy) is 3. The van der Waals surface area contributed by atoms with E-state index in [-0.39, 0.29) is 60.6 Å². The number of nitrogen functional groups attached to an aromatic ring is 1. The van der Waals surface area contributed by atoms with Crippen molar-refractivity contribution in [3.8, 4) is 17.0 Å². The van der Waals surface area contributed by atoms with Crippen molar-refractivity contribution in [2.75, 3.05) is 63.4 Å². The molecule has 15 nitrogen and oxygen atoms in total. The first-order valence-corrected chi connectivity index (χ1v) is 18.5. The number of carbonyl (C=O) groups is 5. The van der Waals surface area contributed by atoms with E-state index in [9.17, 15) is 29.1 Å². The molecule has 0 bridgehead atoms. The minimum Gasteiger partial charge on any atom is -0.507 e. The zero-order valence-corrected chi connectivity index (χ0v) is 30.7. The molecule has 3 aromatic rings. The van der Waals surface area contributed by atoms with E-state index in [1.807, 2.05) is 12.1 Å². The number of imide groups is 1. The highest BCUT2D eigenvalue weighted by Crippen LogP contribution is 2.34. The summed E-state index contributed by atoms with van der Waals surface area (Å²) in [6.45, 7) is 6.44. The second-order valence-corrected chi connectivity index (χ2v) is 13.8. The largest absolute Gasteiger partial charge is 0.507 e. The van der Waals surface area contributed by atoms with E-state index < -0.39 is 23.8 Å². The number of Topliss-reactive ketones (excluding diaryl/α,β-unsaturated/α-hetero) is 2. The number of nitrogens with one attached hydrogen (secondary N) is 1. The molecule has 6 rings (SSSR count). The van der Waals surface area contributed by atoms with E-state index in [2.05, 4.69) is 27.0 Å². The number of phenols is 1. The summed E-state index contributed by atoms with van der Waals surface area (Å²) in [6, 6.07) is 12.6. The van der Waals surface area contributed by atoms with E-state index in [0.29, 0.717) is 99.8 Å². The number of amides is 3. The molecule has 3 aliphatic rings. The Labute approximate surface area is 318 Å². The predicted molar refractivity (Wildman–Crippen MR) is 201 cm³/mol. The lowest BCUT2D eigenvalue weighted by Gasteiger charge is -2.33. The van der Waals surface area contributed by atoms with Crippen molar-refractivity contribution in [3.63, 3.8) is 0 Å². The minimum atomic E-state index is -0.924. The third-order valence-electron chi connectivity index (χ3n) is 10.0. The molecule has 2 aromatic carbocycles. The number of ketones is 2. The van der Waals surface area contributed by atoms with Crippen molar-refractivity contribution in [3.05, 3.63) is 77.5 Å². The van der Waals surface area contributed by atoms with Gasteiger partial charge in [-0.15, -0.1) is 10.2 Å². The van der Waals surface area contributed by atoms with E-state index in [0.717, 1.165) is 10.6 Å². The van der Waals surface area contributed by atoms with Gasteiger partial charge in [0.15, 0.2) is 11.6 Å². The first-order valence-electron chi connectivity index (χ1n) is 18.5. The molecule has 1 atom stereocenters. The van der Waals surface area contributed by atoms with Crippen LogP contribution in [-0.2, 0) is 35.0 Å². The summed E-state index contributed by atoms with van der Waals surface area (Å²) in [5, 5.41) is 21.1.